The van der Waals surface area contributed by atoms with Crippen molar-refractivity contribution >= 4 is 5.91 Å². The molecule has 1 saturated carbocycles. The second-order valence-corrected chi connectivity index (χ2v) is 5.43. The zero-order valence-electron chi connectivity index (χ0n) is 12.3. The molecule has 0 aromatic carbocycles. The van der Waals surface area contributed by atoms with Crippen LogP contribution in [0.5, 0.6) is 0 Å². The molecule has 1 aliphatic carbocycles. The number of hydrogen-bond acceptors (Lipinski definition) is 3. The lowest BCUT2D eigenvalue weighted by atomic mass is 10.1. The van der Waals surface area contributed by atoms with Gasteiger partial charge in [-0.3, -0.25) is 9.69 Å². The topological polar surface area (TPSA) is 43.8 Å². The third-order valence-electron chi connectivity index (χ3n) is 3.91. The molecular weight excluding hydrogens is 228 g/mol. The van der Waals surface area contributed by atoms with E-state index < -0.39 is 0 Å². The molecule has 1 atom stereocenters. The number of hydrogen-bond donors (Lipinski definition) is 1. The van der Waals surface area contributed by atoms with Crippen LogP contribution in [0.15, 0.2) is 0 Å². The van der Waals surface area contributed by atoms with E-state index in [1.54, 1.807) is 0 Å². The minimum Gasteiger partial charge on any atom is -0.395 e. The molecule has 0 radical (unpaired) electrons. The fourth-order valence-electron chi connectivity index (χ4n) is 2.43. The molecule has 1 aliphatic heterocycles. The fourth-order valence-corrected chi connectivity index (χ4v) is 2.43. The molecule has 2 aliphatic rings. The lowest BCUT2D eigenvalue weighted by Gasteiger charge is -2.40. The van der Waals surface area contributed by atoms with E-state index in [2.05, 4.69) is 18.7 Å². The molecule has 4 nitrogen and oxygen atoms in total. The highest BCUT2D eigenvalue weighted by Crippen LogP contribution is 2.46. The van der Waals surface area contributed by atoms with Crippen molar-refractivity contribution in [1.82, 2.24) is 9.80 Å². The maximum Gasteiger partial charge on any atom is 0.228 e. The van der Waals surface area contributed by atoms with Crippen molar-refractivity contribution in [3.05, 3.63) is 0 Å². The zero-order valence-corrected chi connectivity index (χ0v) is 12.3. The maximum absolute atomic E-state index is 12.2. The predicted molar refractivity (Wildman–Crippen MR) is 73.4 cm³/mol. The van der Waals surface area contributed by atoms with E-state index in [0.29, 0.717) is 5.91 Å². The second kappa shape index (κ2) is 6.53. The predicted octanol–water partition coefficient (Wildman–Crippen LogP) is 1.34. The summed E-state index contributed by atoms with van der Waals surface area (Å²) in [6.07, 6.45) is 2.10. The summed E-state index contributed by atoms with van der Waals surface area (Å²) >= 11 is 0. The summed E-state index contributed by atoms with van der Waals surface area (Å²) in [6, 6.07) is 0.283. The van der Waals surface area contributed by atoms with Gasteiger partial charge in [0.05, 0.1) is 6.61 Å². The van der Waals surface area contributed by atoms with Crippen molar-refractivity contribution in [2.24, 2.45) is 5.41 Å². The second-order valence-electron chi connectivity index (χ2n) is 5.43. The third kappa shape index (κ3) is 3.45. The Balaban J connectivity index is 0.000000771. The lowest BCUT2D eigenvalue weighted by Crippen LogP contribution is -2.55. The van der Waals surface area contributed by atoms with Crippen LogP contribution in [0.3, 0.4) is 0 Å². The average Bonchev–Trinajstić information content (AvgIpc) is 3.11. The smallest absolute Gasteiger partial charge is 0.228 e. The Bertz CT molecular complexity index is 277. The van der Waals surface area contributed by atoms with Crippen LogP contribution in [0.2, 0.25) is 0 Å². The number of piperazine rings is 1. The molecule has 1 N–H and O–H groups in total. The van der Waals surface area contributed by atoms with Gasteiger partial charge >= 0.3 is 0 Å². The van der Waals surface area contributed by atoms with Crippen LogP contribution >= 0.6 is 0 Å². The molecule has 4 heteroatoms. The van der Waals surface area contributed by atoms with Crippen molar-refractivity contribution in [3.63, 3.8) is 0 Å². The Kier molecular flexibility index (Phi) is 5.60. The fraction of sp³-hybridized carbons (Fsp3) is 0.929. The van der Waals surface area contributed by atoms with Crippen molar-refractivity contribution in [1.29, 1.82) is 0 Å². The van der Waals surface area contributed by atoms with Crippen molar-refractivity contribution in [3.8, 4) is 0 Å². The molecule has 2 fully saturated rings. The van der Waals surface area contributed by atoms with Crippen LogP contribution in [-0.2, 0) is 4.79 Å². The van der Waals surface area contributed by atoms with E-state index in [4.69, 9.17) is 5.11 Å². The highest BCUT2D eigenvalue weighted by Gasteiger charge is 2.48. The summed E-state index contributed by atoms with van der Waals surface area (Å²) < 4.78 is 0. The molecule has 2 rings (SSSR count). The van der Waals surface area contributed by atoms with Gasteiger partial charge in [0.2, 0.25) is 5.91 Å². The molecule has 1 amide bonds. The molecule has 1 saturated heterocycles. The van der Waals surface area contributed by atoms with Gasteiger partial charge in [0.15, 0.2) is 0 Å². The molecule has 1 unspecified atom stereocenters. The minimum absolute atomic E-state index is 0.0482. The van der Waals surface area contributed by atoms with E-state index in [1.807, 2.05) is 18.7 Å². The van der Waals surface area contributed by atoms with Gasteiger partial charge in [-0.1, -0.05) is 20.8 Å². The summed E-state index contributed by atoms with van der Waals surface area (Å²) in [4.78, 5) is 16.5. The zero-order chi connectivity index (χ0) is 13.8. The molecule has 0 aromatic heterocycles. The molecule has 1 heterocycles. The van der Waals surface area contributed by atoms with Crippen LogP contribution in [0.25, 0.3) is 0 Å². The number of β-amino-alcohol motifs (C(OH)–C–C–N with tert-alkyl or cyclic N) is 1. The number of aliphatic hydroxyl groups is 1. The largest absolute Gasteiger partial charge is 0.395 e. The van der Waals surface area contributed by atoms with Crippen LogP contribution in [0.4, 0.5) is 0 Å². The summed E-state index contributed by atoms with van der Waals surface area (Å²) in [6.45, 7) is 11.7. The van der Waals surface area contributed by atoms with Crippen molar-refractivity contribution in [2.45, 2.75) is 46.6 Å². The van der Waals surface area contributed by atoms with Crippen LogP contribution in [0, 0.1) is 5.41 Å². The Morgan fingerprint density at radius 2 is 1.94 bits per heavy atom. The highest BCUT2D eigenvalue weighted by atomic mass is 16.3. The van der Waals surface area contributed by atoms with E-state index in [0.717, 1.165) is 39.0 Å². The Hall–Kier alpha value is -0.610. The molecule has 0 aromatic rings. The first-order valence-corrected chi connectivity index (χ1v) is 7.21. The number of aliphatic hydroxyl groups excluding tert-OH is 1. The van der Waals surface area contributed by atoms with Crippen molar-refractivity contribution in [2.75, 3.05) is 32.8 Å². The summed E-state index contributed by atoms with van der Waals surface area (Å²) in [5, 5.41) is 8.90. The molecule has 0 spiro atoms. The van der Waals surface area contributed by atoms with Crippen LogP contribution in [0.1, 0.15) is 40.5 Å². The van der Waals surface area contributed by atoms with Gasteiger partial charge in [0.1, 0.15) is 0 Å². The normalized spacial score (nSPS) is 26.3. The average molecular weight is 256 g/mol. The van der Waals surface area contributed by atoms with Gasteiger partial charge < -0.3 is 10.0 Å². The van der Waals surface area contributed by atoms with E-state index in [1.165, 1.54) is 0 Å². The summed E-state index contributed by atoms with van der Waals surface area (Å²) in [7, 11) is 0. The molecule has 106 valence electrons. The molecule has 18 heavy (non-hydrogen) atoms. The third-order valence-corrected chi connectivity index (χ3v) is 3.91. The van der Waals surface area contributed by atoms with Gasteiger partial charge in [-0.05, 0) is 19.8 Å². The minimum atomic E-state index is -0.0482. The number of amides is 1. The number of rotatable bonds is 3. The maximum atomic E-state index is 12.2. The first-order chi connectivity index (χ1) is 8.57. The first kappa shape index (κ1) is 15.4. The summed E-state index contributed by atoms with van der Waals surface area (Å²) in [5.41, 5.74) is -0.0482. The van der Waals surface area contributed by atoms with E-state index >= 15 is 0 Å². The van der Waals surface area contributed by atoms with Crippen molar-refractivity contribution < 1.29 is 9.90 Å². The van der Waals surface area contributed by atoms with Gasteiger partial charge in [-0.2, -0.15) is 0 Å². The van der Waals surface area contributed by atoms with Gasteiger partial charge in [0, 0.05) is 37.6 Å². The SMILES string of the molecule is CC.CC1CN(CCO)CCN1C(=O)C1(C)CC1. The number of nitrogens with zero attached hydrogens (tertiary/aromatic N) is 2. The Labute approximate surface area is 111 Å². The van der Waals surface area contributed by atoms with Crippen LogP contribution < -0.4 is 0 Å². The standard InChI is InChI=1S/C12H22N2O2.C2H6/c1-10-9-13(7-8-15)5-6-14(10)11(16)12(2)3-4-12;1-2/h10,15H,3-9H2,1-2H3;1-2H3. The first-order valence-electron chi connectivity index (χ1n) is 7.21. The number of carbonyl (C=O) groups excluding carboxylic acids is 1. The Morgan fingerprint density at radius 1 is 1.33 bits per heavy atom. The summed E-state index contributed by atoms with van der Waals surface area (Å²) in [5.74, 6) is 0.337. The number of carbonyl (C=O) groups is 1. The molecule has 0 bridgehead atoms. The monoisotopic (exact) mass is 256 g/mol. The highest BCUT2D eigenvalue weighted by molar-refractivity contribution is 5.85. The van der Waals surface area contributed by atoms with Crippen LogP contribution in [-0.4, -0.2) is 59.6 Å². The molecular formula is C14H28N2O2. The quantitative estimate of drug-likeness (QED) is 0.828. The van der Waals surface area contributed by atoms with Gasteiger partial charge in [0.25, 0.3) is 0 Å². The van der Waals surface area contributed by atoms with Gasteiger partial charge in [-0.15, -0.1) is 0 Å². The van der Waals surface area contributed by atoms with Gasteiger partial charge in [-0.25, -0.2) is 0 Å². The lowest BCUT2D eigenvalue weighted by molar-refractivity contribution is -0.141. The Morgan fingerprint density at radius 3 is 2.39 bits per heavy atom. The van der Waals surface area contributed by atoms with E-state index in [9.17, 15) is 4.79 Å². The van der Waals surface area contributed by atoms with E-state index in [-0.39, 0.29) is 18.1 Å².